The molecule has 0 heterocycles. The normalized spacial score (nSPS) is 38.2. The number of esters is 1. The summed E-state index contributed by atoms with van der Waals surface area (Å²) in [6, 6.07) is 0. The minimum Gasteiger partial charge on any atom is -0.447 e. The standard InChI is InChI=1S/C14H21IO3/c1-12(2,3)11(16)18-14(15)8-10-5-6-13(14,7-10)9-17-4/h5-6,10H,7-9H2,1-4H3. The van der Waals surface area contributed by atoms with Crippen molar-refractivity contribution >= 4 is 28.6 Å². The highest BCUT2D eigenvalue weighted by Crippen LogP contribution is 2.61. The molecule has 3 nitrogen and oxygen atoms in total. The fourth-order valence-electron chi connectivity index (χ4n) is 2.80. The number of hydrogen-bond donors (Lipinski definition) is 0. The van der Waals surface area contributed by atoms with E-state index in [-0.39, 0.29) is 11.4 Å². The Morgan fingerprint density at radius 3 is 2.61 bits per heavy atom. The minimum atomic E-state index is -0.460. The lowest BCUT2D eigenvalue weighted by atomic mass is 9.85. The first kappa shape index (κ1) is 14.3. The van der Waals surface area contributed by atoms with E-state index in [2.05, 4.69) is 34.7 Å². The summed E-state index contributed by atoms with van der Waals surface area (Å²) in [6.45, 7) is 6.28. The number of allylic oxidation sites excluding steroid dienone is 1. The average molecular weight is 364 g/mol. The molecule has 0 aliphatic heterocycles. The molecule has 0 aromatic rings. The van der Waals surface area contributed by atoms with Crippen molar-refractivity contribution in [2.75, 3.05) is 13.7 Å². The molecule has 3 unspecified atom stereocenters. The van der Waals surface area contributed by atoms with Gasteiger partial charge in [-0.25, -0.2) is 0 Å². The third-order valence-electron chi connectivity index (χ3n) is 3.85. The maximum Gasteiger partial charge on any atom is 0.312 e. The van der Waals surface area contributed by atoms with Gasteiger partial charge in [-0.1, -0.05) is 12.2 Å². The largest absolute Gasteiger partial charge is 0.447 e. The van der Waals surface area contributed by atoms with Crippen molar-refractivity contribution in [1.29, 1.82) is 0 Å². The molecule has 2 bridgehead atoms. The molecule has 2 rings (SSSR count). The van der Waals surface area contributed by atoms with Gasteiger partial charge >= 0.3 is 5.97 Å². The number of ether oxygens (including phenoxy) is 2. The number of halogens is 1. The van der Waals surface area contributed by atoms with Crippen molar-refractivity contribution in [2.24, 2.45) is 16.7 Å². The number of carbonyl (C=O) groups is 1. The smallest absolute Gasteiger partial charge is 0.312 e. The first-order valence-corrected chi connectivity index (χ1v) is 7.41. The van der Waals surface area contributed by atoms with Crippen LogP contribution in [-0.4, -0.2) is 23.3 Å². The summed E-state index contributed by atoms with van der Waals surface area (Å²) in [6.07, 6.45) is 6.35. The van der Waals surface area contributed by atoms with Crippen molar-refractivity contribution in [2.45, 2.75) is 37.2 Å². The monoisotopic (exact) mass is 364 g/mol. The molecule has 102 valence electrons. The molecule has 0 N–H and O–H groups in total. The van der Waals surface area contributed by atoms with E-state index in [1.54, 1.807) is 7.11 Å². The SMILES string of the molecule is COCC12C=CC(C1)CC2(I)OC(=O)C(C)(C)C. The molecule has 0 amide bonds. The van der Waals surface area contributed by atoms with Gasteiger partial charge in [0, 0.05) is 13.5 Å². The average Bonchev–Trinajstić information content (AvgIpc) is 2.71. The van der Waals surface area contributed by atoms with Gasteiger partial charge in [0.1, 0.15) is 0 Å². The second-order valence-electron chi connectivity index (χ2n) is 6.48. The second kappa shape index (κ2) is 4.47. The Labute approximate surface area is 122 Å². The number of methoxy groups -OCH3 is 1. The zero-order chi connectivity index (χ0) is 13.6. The summed E-state index contributed by atoms with van der Waals surface area (Å²) in [7, 11) is 1.71. The van der Waals surface area contributed by atoms with Crippen LogP contribution in [0.5, 0.6) is 0 Å². The van der Waals surface area contributed by atoms with Crippen LogP contribution in [-0.2, 0) is 14.3 Å². The van der Waals surface area contributed by atoms with Gasteiger partial charge in [0.05, 0.1) is 17.4 Å². The van der Waals surface area contributed by atoms with E-state index in [0.29, 0.717) is 12.5 Å². The zero-order valence-electron chi connectivity index (χ0n) is 11.5. The first-order chi connectivity index (χ1) is 8.22. The summed E-state index contributed by atoms with van der Waals surface area (Å²) in [5.41, 5.74) is -0.605. The molecule has 3 atom stereocenters. The third kappa shape index (κ3) is 2.22. The highest BCUT2D eigenvalue weighted by atomic mass is 127. The van der Waals surface area contributed by atoms with Gasteiger partial charge in [0.15, 0.2) is 3.61 Å². The lowest BCUT2D eigenvalue weighted by Crippen LogP contribution is -2.46. The minimum absolute atomic E-state index is 0.131. The quantitative estimate of drug-likeness (QED) is 0.334. The van der Waals surface area contributed by atoms with Crippen molar-refractivity contribution < 1.29 is 14.3 Å². The van der Waals surface area contributed by atoms with Crippen molar-refractivity contribution in [3.8, 4) is 0 Å². The molecular formula is C14H21IO3. The maximum atomic E-state index is 12.2. The number of fused-ring (bicyclic) bond motifs is 2. The second-order valence-corrected chi connectivity index (χ2v) is 8.23. The molecule has 2 aliphatic rings. The summed E-state index contributed by atoms with van der Waals surface area (Å²) in [4.78, 5) is 12.2. The van der Waals surface area contributed by atoms with E-state index in [4.69, 9.17) is 9.47 Å². The van der Waals surface area contributed by atoms with Crippen molar-refractivity contribution in [3.63, 3.8) is 0 Å². The Hall–Kier alpha value is -0.100. The van der Waals surface area contributed by atoms with Crippen LogP contribution in [0.4, 0.5) is 0 Å². The molecule has 0 aromatic carbocycles. The van der Waals surface area contributed by atoms with E-state index < -0.39 is 9.02 Å². The van der Waals surface area contributed by atoms with E-state index in [1.807, 2.05) is 20.8 Å². The highest BCUT2D eigenvalue weighted by Gasteiger charge is 2.61. The number of alkyl halides is 1. The number of carbonyl (C=O) groups excluding carboxylic acids is 1. The lowest BCUT2D eigenvalue weighted by Gasteiger charge is -2.40. The molecule has 4 heteroatoms. The molecule has 0 aromatic heterocycles. The van der Waals surface area contributed by atoms with E-state index in [1.165, 1.54) is 0 Å². The van der Waals surface area contributed by atoms with Gasteiger partial charge in [-0.3, -0.25) is 4.79 Å². The molecule has 1 fully saturated rings. The maximum absolute atomic E-state index is 12.2. The molecule has 0 radical (unpaired) electrons. The Morgan fingerprint density at radius 2 is 2.11 bits per heavy atom. The molecular weight excluding hydrogens is 343 g/mol. The van der Waals surface area contributed by atoms with Crippen LogP contribution < -0.4 is 0 Å². The first-order valence-electron chi connectivity index (χ1n) is 6.33. The van der Waals surface area contributed by atoms with Gasteiger partial charge in [-0.15, -0.1) is 0 Å². The topological polar surface area (TPSA) is 35.5 Å². The van der Waals surface area contributed by atoms with Gasteiger partial charge in [0.25, 0.3) is 0 Å². The van der Waals surface area contributed by atoms with Crippen LogP contribution in [0.3, 0.4) is 0 Å². The van der Waals surface area contributed by atoms with E-state index >= 15 is 0 Å². The third-order valence-corrected chi connectivity index (χ3v) is 5.59. The predicted octanol–water partition coefficient (Wildman–Crippen LogP) is 3.32. The summed E-state index contributed by atoms with van der Waals surface area (Å²) in [5, 5.41) is 0. The van der Waals surface area contributed by atoms with Crippen LogP contribution in [0.1, 0.15) is 33.6 Å². The van der Waals surface area contributed by atoms with Crippen LogP contribution in [0, 0.1) is 16.7 Å². The van der Waals surface area contributed by atoms with Gasteiger partial charge in [-0.2, -0.15) is 0 Å². The summed E-state index contributed by atoms with van der Waals surface area (Å²) in [5.74, 6) is 0.387. The van der Waals surface area contributed by atoms with Gasteiger partial charge < -0.3 is 9.47 Å². The predicted molar refractivity (Wildman–Crippen MR) is 78.5 cm³/mol. The Kier molecular flexibility index (Phi) is 3.56. The molecule has 2 aliphatic carbocycles. The van der Waals surface area contributed by atoms with E-state index in [0.717, 1.165) is 12.8 Å². The molecule has 1 saturated carbocycles. The summed E-state index contributed by atoms with van der Waals surface area (Å²) < 4.78 is 10.8. The van der Waals surface area contributed by atoms with Gasteiger partial charge in [-0.05, 0) is 55.7 Å². The Morgan fingerprint density at radius 1 is 1.44 bits per heavy atom. The van der Waals surface area contributed by atoms with Crippen molar-refractivity contribution in [3.05, 3.63) is 12.2 Å². The van der Waals surface area contributed by atoms with E-state index in [9.17, 15) is 4.79 Å². The lowest BCUT2D eigenvalue weighted by molar-refractivity contribution is -0.166. The fourth-order valence-corrected chi connectivity index (χ4v) is 4.12. The Balaban J connectivity index is 2.21. The molecule has 18 heavy (non-hydrogen) atoms. The highest BCUT2D eigenvalue weighted by molar-refractivity contribution is 14.1. The molecule has 0 saturated heterocycles. The van der Waals surface area contributed by atoms with Crippen LogP contribution in [0.2, 0.25) is 0 Å². The van der Waals surface area contributed by atoms with Gasteiger partial charge in [0.2, 0.25) is 0 Å². The van der Waals surface area contributed by atoms with Crippen LogP contribution in [0.15, 0.2) is 12.2 Å². The number of rotatable bonds is 3. The number of hydrogen-bond acceptors (Lipinski definition) is 3. The van der Waals surface area contributed by atoms with Crippen LogP contribution in [0.25, 0.3) is 0 Å². The van der Waals surface area contributed by atoms with Crippen molar-refractivity contribution in [1.82, 2.24) is 0 Å². The molecule has 0 spiro atoms. The fraction of sp³-hybridized carbons (Fsp3) is 0.786. The summed E-state index contributed by atoms with van der Waals surface area (Å²) >= 11 is 2.31. The van der Waals surface area contributed by atoms with Crippen LogP contribution >= 0.6 is 22.6 Å². The zero-order valence-corrected chi connectivity index (χ0v) is 13.6. The Bertz CT molecular complexity index is 385.